The summed E-state index contributed by atoms with van der Waals surface area (Å²) in [6.07, 6.45) is 2.02. The lowest BCUT2D eigenvalue weighted by atomic mass is 10.1. The van der Waals surface area contributed by atoms with Crippen LogP contribution in [0.5, 0.6) is 0 Å². The molecule has 0 aromatic heterocycles. The summed E-state index contributed by atoms with van der Waals surface area (Å²) < 4.78 is 0. The Labute approximate surface area is 109 Å². The monoisotopic (exact) mass is 249 g/mol. The summed E-state index contributed by atoms with van der Waals surface area (Å²) >= 11 is 0. The fourth-order valence-corrected chi connectivity index (χ4v) is 1.78. The van der Waals surface area contributed by atoms with Crippen LogP contribution in [0.3, 0.4) is 0 Å². The Hall–Kier alpha value is -1.23. The van der Waals surface area contributed by atoms with Crippen LogP contribution in [0.15, 0.2) is 35.3 Å². The van der Waals surface area contributed by atoms with Crippen molar-refractivity contribution >= 4 is 6.21 Å². The van der Waals surface area contributed by atoms with E-state index >= 15 is 0 Å². The van der Waals surface area contributed by atoms with Gasteiger partial charge in [0, 0.05) is 19.8 Å². The summed E-state index contributed by atoms with van der Waals surface area (Å²) in [5, 5.41) is 16.3. The minimum absolute atomic E-state index is 0.143. The zero-order chi connectivity index (χ0) is 13.2. The van der Waals surface area contributed by atoms with Crippen LogP contribution in [0, 0.1) is 0 Å². The molecular weight excluding hydrogens is 226 g/mol. The second-order valence-corrected chi connectivity index (χ2v) is 4.13. The molecule has 0 heterocycles. The molecule has 0 amide bonds. The Kier molecular flexibility index (Phi) is 7.25. The lowest BCUT2D eigenvalue weighted by Gasteiger charge is -2.21. The third-order valence-corrected chi connectivity index (χ3v) is 2.70. The summed E-state index contributed by atoms with van der Waals surface area (Å²) in [5.74, 6) is 0. The van der Waals surface area contributed by atoms with Gasteiger partial charge in [0.25, 0.3) is 0 Å². The van der Waals surface area contributed by atoms with Crippen molar-refractivity contribution in [2.75, 3.05) is 20.1 Å². The van der Waals surface area contributed by atoms with Gasteiger partial charge in [-0.15, -0.1) is 0 Å². The fraction of sp³-hybridized carbons (Fsp3) is 0.500. The minimum atomic E-state index is -0.614. The van der Waals surface area contributed by atoms with Crippen LogP contribution in [0.4, 0.5) is 0 Å². The lowest BCUT2D eigenvalue weighted by Crippen LogP contribution is -2.49. The zero-order valence-electron chi connectivity index (χ0n) is 11.1. The molecule has 2 unspecified atom stereocenters. The van der Waals surface area contributed by atoms with Crippen LogP contribution < -0.4 is 10.6 Å². The van der Waals surface area contributed by atoms with Crippen molar-refractivity contribution in [3.05, 3.63) is 35.9 Å². The smallest absolute Gasteiger partial charge is 0.125 e. The normalized spacial score (nSPS) is 14.8. The minimum Gasteiger partial charge on any atom is -0.377 e. The first-order valence-corrected chi connectivity index (χ1v) is 6.39. The van der Waals surface area contributed by atoms with Gasteiger partial charge in [-0.1, -0.05) is 37.3 Å². The maximum absolute atomic E-state index is 9.98. The average molecular weight is 249 g/mol. The molecule has 0 saturated carbocycles. The van der Waals surface area contributed by atoms with E-state index in [1.54, 1.807) is 13.3 Å². The van der Waals surface area contributed by atoms with Crippen molar-refractivity contribution in [3.8, 4) is 0 Å². The van der Waals surface area contributed by atoms with Gasteiger partial charge in [-0.05, 0) is 18.5 Å². The molecule has 0 aliphatic carbocycles. The van der Waals surface area contributed by atoms with Gasteiger partial charge in [0.2, 0.25) is 0 Å². The van der Waals surface area contributed by atoms with Gasteiger partial charge in [-0.3, -0.25) is 10.3 Å². The third-order valence-electron chi connectivity index (χ3n) is 2.70. The molecule has 0 aliphatic heterocycles. The molecule has 0 bridgehead atoms. The zero-order valence-corrected chi connectivity index (χ0v) is 11.1. The molecule has 18 heavy (non-hydrogen) atoms. The molecule has 100 valence electrons. The number of aliphatic hydroxyl groups is 1. The predicted octanol–water partition coefficient (Wildman–Crippen LogP) is 0.816. The standard InChI is InChI=1S/C14H23N3O/c1-3-16-13(11-15-2)14(18)17-10-9-12-7-5-4-6-8-12/h4-8,11,13-14,16-18H,3,9-10H2,1-2H3/b15-11-. The Morgan fingerprint density at radius 2 is 2.00 bits per heavy atom. The van der Waals surface area contributed by atoms with Crippen LogP contribution in [-0.4, -0.2) is 43.7 Å². The second kappa shape index (κ2) is 8.80. The average Bonchev–Trinajstić information content (AvgIpc) is 2.39. The summed E-state index contributed by atoms with van der Waals surface area (Å²) in [7, 11) is 1.71. The molecule has 1 aromatic rings. The Morgan fingerprint density at radius 1 is 1.28 bits per heavy atom. The number of nitrogens with one attached hydrogen (secondary N) is 2. The molecule has 0 aliphatic rings. The van der Waals surface area contributed by atoms with E-state index in [0.29, 0.717) is 0 Å². The van der Waals surface area contributed by atoms with Gasteiger partial charge in [0.15, 0.2) is 0 Å². The SMILES string of the molecule is CCNC(/C=N\C)C(O)NCCc1ccccc1. The molecular formula is C14H23N3O. The molecule has 4 nitrogen and oxygen atoms in total. The number of aliphatic hydroxyl groups excluding tert-OH is 1. The van der Waals surface area contributed by atoms with Crippen molar-refractivity contribution in [3.63, 3.8) is 0 Å². The molecule has 0 radical (unpaired) electrons. The van der Waals surface area contributed by atoms with Crippen molar-refractivity contribution in [1.29, 1.82) is 0 Å². The summed E-state index contributed by atoms with van der Waals surface area (Å²) in [6, 6.07) is 10.1. The van der Waals surface area contributed by atoms with Crippen molar-refractivity contribution in [2.24, 2.45) is 4.99 Å². The second-order valence-electron chi connectivity index (χ2n) is 4.13. The van der Waals surface area contributed by atoms with Crippen molar-refractivity contribution in [1.82, 2.24) is 10.6 Å². The maximum atomic E-state index is 9.98. The van der Waals surface area contributed by atoms with Gasteiger partial charge >= 0.3 is 0 Å². The number of hydrogen-bond acceptors (Lipinski definition) is 4. The van der Waals surface area contributed by atoms with Crippen LogP contribution in [0.1, 0.15) is 12.5 Å². The predicted molar refractivity (Wildman–Crippen MR) is 76.0 cm³/mol. The first kappa shape index (κ1) is 14.8. The van der Waals surface area contributed by atoms with E-state index in [4.69, 9.17) is 0 Å². The number of hydrogen-bond donors (Lipinski definition) is 3. The summed E-state index contributed by atoms with van der Waals surface area (Å²) in [4.78, 5) is 3.95. The van der Waals surface area contributed by atoms with Crippen LogP contribution in [-0.2, 0) is 6.42 Å². The maximum Gasteiger partial charge on any atom is 0.125 e. The number of rotatable bonds is 8. The van der Waals surface area contributed by atoms with E-state index in [9.17, 15) is 5.11 Å². The topological polar surface area (TPSA) is 56.7 Å². The van der Waals surface area contributed by atoms with E-state index in [-0.39, 0.29) is 6.04 Å². The van der Waals surface area contributed by atoms with E-state index in [1.807, 2.05) is 25.1 Å². The fourth-order valence-electron chi connectivity index (χ4n) is 1.78. The molecule has 4 heteroatoms. The van der Waals surface area contributed by atoms with E-state index in [0.717, 1.165) is 19.5 Å². The van der Waals surface area contributed by atoms with E-state index in [2.05, 4.69) is 27.8 Å². The Balaban J connectivity index is 2.33. The van der Waals surface area contributed by atoms with Crippen molar-refractivity contribution < 1.29 is 5.11 Å². The van der Waals surface area contributed by atoms with Crippen molar-refractivity contribution in [2.45, 2.75) is 25.6 Å². The quantitative estimate of drug-likeness (QED) is 0.472. The molecule has 1 aromatic carbocycles. The largest absolute Gasteiger partial charge is 0.377 e. The molecule has 3 N–H and O–H groups in total. The van der Waals surface area contributed by atoms with Gasteiger partial charge in [0.1, 0.15) is 6.23 Å². The number of aliphatic imine (C=N–C) groups is 1. The number of benzene rings is 1. The van der Waals surface area contributed by atoms with Gasteiger partial charge in [0.05, 0.1) is 6.04 Å². The molecule has 0 fully saturated rings. The Bertz CT molecular complexity index is 340. The number of nitrogens with zero attached hydrogens (tertiary/aromatic N) is 1. The van der Waals surface area contributed by atoms with Crippen LogP contribution in [0.2, 0.25) is 0 Å². The molecule has 0 spiro atoms. The third kappa shape index (κ3) is 5.40. The van der Waals surface area contributed by atoms with E-state index in [1.165, 1.54) is 5.56 Å². The van der Waals surface area contributed by atoms with Crippen LogP contribution in [0.25, 0.3) is 0 Å². The highest BCUT2D eigenvalue weighted by atomic mass is 16.3. The summed E-state index contributed by atoms with van der Waals surface area (Å²) in [6.45, 7) is 3.55. The molecule has 0 saturated heterocycles. The molecule has 2 atom stereocenters. The van der Waals surface area contributed by atoms with E-state index < -0.39 is 6.23 Å². The Morgan fingerprint density at radius 3 is 2.61 bits per heavy atom. The number of likely N-dealkylation sites (N-methyl/N-ethyl adjacent to an activating group) is 1. The van der Waals surface area contributed by atoms with Gasteiger partial charge in [-0.2, -0.15) is 0 Å². The highest BCUT2D eigenvalue weighted by Crippen LogP contribution is 1.98. The molecule has 1 rings (SSSR count). The highest BCUT2D eigenvalue weighted by molar-refractivity contribution is 5.64. The first-order valence-electron chi connectivity index (χ1n) is 6.39. The lowest BCUT2D eigenvalue weighted by molar-refractivity contribution is 0.120. The highest BCUT2D eigenvalue weighted by Gasteiger charge is 2.14. The van der Waals surface area contributed by atoms with Crippen LogP contribution >= 0.6 is 0 Å². The van der Waals surface area contributed by atoms with Gasteiger partial charge in [-0.25, -0.2) is 0 Å². The summed E-state index contributed by atoms with van der Waals surface area (Å²) in [5.41, 5.74) is 1.27. The first-order chi connectivity index (χ1) is 8.77. The van der Waals surface area contributed by atoms with Gasteiger partial charge < -0.3 is 10.4 Å².